The molecule has 2 aromatic carbocycles. The number of hydrogen-bond donors (Lipinski definition) is 3. The zero-order chi connectivity index (χ0) is 18.0. The maximum Gasteiger partial charge on any atom is 0.341 e. The maximum atomic E-state index is 13.6. The van der Waals surface area contributed by atoms with Crippen LogP contribution in [0.25, 0.3) is 11.0 Å². The van der Waals surface area contributed by atoms with Crippen LogP contribution in [0.15, 0.2) is 47.3 Å². The van der Waals surface area contributed by atoms with Gasteiger partial charge in [0.25, 0.3) is 5.91 Å². The zero-order valence-electron chi connectivity index (χ0n) is 13.1. The number of imidazole rings is 1. The van der Waals surface area contributed by atoms with E-state index in [0.29, 0.717) is 16.7 Å². The largest absolute Gasteiger partial charge is 0.449 e. The molecular formula is C17H14FN3O4. The molecule has 7 nitrogen and oxygen atoms in total. The molecule has 8 heteroatoms. The van der Waals surface area contributed by atoms with Crippen LogP contribution < -0.4 is 11.0 Å². The Balaban J connectivity index is 1.68. The van der Waals surface area contributed by atoms with Crippen LogP contribution in [0.4, 0.5) is 10.1 Å². The van der Waals surface area contributed by atoms with Gasteiger partial charge in [-0.1, -0.05) is 12.1 Å². The highest BCUT2D eigenvalue weighted by atomic mass is 19.1. The number of carbonyl (C=O) groups is 2. The third kappa shape index (κ3) is 3.57. The van der Waals surface area contributed by atoms with Crippen molar-refractivity contribution in [3.63, 3.8) is 0 Å². The molecule has 128 valence electrons. The topological polar surface area (TPSA) is 104 Å². The summed E-state index contributed by atoms with van der Waals surface area (Å²) >= 11 is 0. The number of ether oxygens (including phenoxy) is 1. The highest BCUT2D eigenvalue weighted by Crippen LogP contribution is 2.15. The lowest BCUT2D eigenvalue weighted by Crippen LogP contribution is -2.30. The number of aromatic amines is 2. The highest BCUT2D eigenvalue weighted by molar-refractivity contribution is 5.98. The van der Waals surface area contributed by atoms with Crippen LogP contribution in [0.2, 0.25) is 0 Å². The van der Waals surface area contributed by atoms with E-state index in [9.17, 15) is 18.8 Å². The van der Waals surface area contributed by atoms with E-state index in [1.807, 2.05) is 0 Å². The lowest BCUT2D eigenvalue weighted by atomic mass is 10.2. The minimum Gasteiger partial charge on any atom is -0.449 e. The fourth-order valence-electron chi connectivity index (χ4n) is 2.26. The number of rotatable bonds is 4. The van der Waals surface area contributed by atoms with Crippen LogP contribution >= 0.6 is 0 Å². The zero-order valence-corrected chi connectivity index (χ0v) is 13.1. The summed E-state index contributed by atoms with van der Waals surface area (Å²) < 4.78 is 18.5. The van der Waals surface area contributed by atoms with Crippen molar-refractivity contribution in [1.82, 2.24) is 9.97 Å². The molecule has 1 amide bonds. The fraction of sp³-hybridized carbons (Fsp3) is 0.118. The van der Waals surface area contributed by atoms with Gasteiger partial charge >= 0.3 is 11.7 Å². The molecule has 0 aliphatic rings. The van der Waals surface area contributed by atoms with Crippen molar-refractivity contribution in [3.8, 4) is 0 Å². The van der Waals surface area contributed by atoms with E-state index in [1.165, 1.54) is 25.1 Å². The normalized spacial score (nSPS) is 11.9. The summed E-state index contributed by atoms with van der Waals surface area (Å²) in [5, 5.41) is 2.57. The molecule has 1 aromatic heterocycles. The molecule has 0 saturated carbocycles. The van der Waals surface area contributed by atoms with Crippen LogP contribution in [0.1, 0.15) is 17.3 Å². The van der Waals surface area contributed by atoms with Gasteiger partial charge in [-0.25, -0.2) is 14.0 Å². The molecule has 25 heavy (non-hydrogen) atoms. The quantitative estimate of drug-likeness (QED) is 0.632. The van der Waals surface area contributed by atoms with Gasteiger partial charge in [-0.2, -0.15) is 0 Å². The van der Waals surface area contributed by atoms with Crippen molar-refractivity contribution < 1.29 is 18.7 Å². The minimum atomic E-state index is -1.13. The number of halogens is 1. The van der Waals surface area contributed by atoms with Gasteiger partial charge in [-0.3, -0.25) is 4.79 Å². The van der Waals surface area contributed by atoms with E-state index >= 15 is 0 Å². The number of fused-ring (bicyclic) bond motifs is 1. The number of hydrogen-bond acceptors (Lipinski definition) is 4. The van der Waals surface area contributed by atoms with Gasteiger partial charge in [0.1, 0.15) is 5.82 Å². The molecule has 0 fully saturated rings. The predicted octanol–water partition coefficient (Wildman–Crippen LogP) is 2.18. The van der Waals surface area contributed by atoms with Crippen LogP contribution in [0.5, 0.6) is 0 Å². The van der Waals surface area contributed by atoms with Crippen LogP contribution in [-0.4, -0.2) is 27.9 Å². The van der Waals surface area contributed by atoms with Crippen molar-refractivity contribution in [2.24, 2.45) is 0 Å². The molecule has 0 radical (unpaired) electrons. The number of H-pyrrole nitrogens is 2. The molecule has 0 spiro atoms. The molecule has 0 aliphatic carbocycles. The van der Waals surface area contributed by atoms with E-state index in [2.05, 4.69) is 15.3 Å². The summed E-state index contributed by atoms with van der Waals surface area (Å²) in [4.78, 5) is 40.4. The van der Waals surface area contributed by atoms with E-state index < -0.39 is 23.8 Å². The molecule has 1 heterocycles. The van der Waals surface area contributed by atoms with Crippen molar-refractivity contribution in [1.29, 1.82) is 0 Å². The molecule has 0 bridgehead atoms. The first-order valence-corrected chi connectivity index (χ1v) is 7.42. The minimum absolute atomic E-state index is 0.242. The van der Waals surface area contributed by atoms with Gasteiger partial charge in [0.2, 0.25) is 0 Å². The van der Waals surface area contributed by atoms with Gasteiger partial charge in [0.05, 0.1) is 16.6 Å². The summed E-state index contributed by atoms with van der Waals surface area (Å²) in [6.07, 6.45) is -1.13. The van der Waals surface area contributed by atoms with Crippen LogP contribution in [0.3, 0.4) is 0 Å². The molecule has 3 N–H and O–H groups in total. The van der Waals surface area contributed by atoms with E-state index in [-0.39, 0.29) is 11.3 Å². The van der Waals surface area contributed by atoms with Crippen molar-refractivity contribution >= 4 is 28.6 Å². The summed E-state index contributed by atoms with van der Waals surface area (Å²) in [6, 6.07) is 10.1. The number of nitrogens with one attached hydrogen (secondary N) is 3. The number of benzene rings is 2. The Morgan fingerprint density at radius 2 is 1.84 bits per heavy atom. The average Bonchev–Trinajstić information content (AvgIpc) is 2.94. The molecule has 0 unspecified atom stereocenters. The Labute approximate surface area is 140 Å². The first kappa shape index (κ1) is 16.4. The summed E-state index contributed by atoms with van der Waals surface area (Å²) in [7, 11) is 0. The van der Waals surface area contributed by atoms with Gasteiger partial charge < -0.3 is 20.0 Å². The van der Waals surface area contributed by atoms with Crippen molar-refractivity contribution in [3.05, 3.63) is 64.3 Å². The smallest absolute Gasteiger partial charge is 0.341 e. The highest BCUT2D eigenvalue weighted by Gasteiger charge is 2.21. The van der Waals surface area contributed by atoms with E-state index in [4.69, 9.17) is 4.74 Å². The Bertz CT molecular complexity index is 1010. The molecule has 3 rings (SSSR count). The Hall–Kier alpha value is -3.42. The van der Waals surface area contributed by atoms with Gasteiger partial charge in [-0.05, 0) is 37.3 Å². The van der Waals surface area contributed by atoms with Gasteiger partial charge in [0.15, 0.2) is 6.10 Å². The van der Waals surface area contributed by atoms with Crippen molar-refractivity contribution in [2.75, 3.05) is 5.32 Å². The summed E-state index contributed by atoms with van der Waals surface area (Å²) in [5.74, 6) is -2.23. The standard InChI is InChI=1S/C17H14FN3O4/c1-9(25-16(23)11-4-2-3-5-12(11)18)15(22)19-10-6-7-13-14(8-10)21-17(24)20-13/h2-9H,1H3,(H,19,22)(H2,20,21,24)/t9-/m0/s1. The summed E-state index contributed by atoms with van der Waals surface area (Å²) in [6.45, 7) is 1.38. The monoisotopic (exact) mass is 343 g/mol. The average molecular weight is 343 g/mol. The van der Waals surface area contributed by atoms with Gasteiger partial charge in [-0.15, -0.1) is 0 Å². The lowest BCUT2D eigenvalue weighted by Gasteiger charge is -2.13. The third-order valence-corrected chi connectivity index (χ3v) is 3.53. The second kappa shape index (κ2) is 6.60. The second-order valence-electron chi connectivity index (χ2n) is 5.36. The molecule has 1 atom stereocenters. The SMILES string of the molecule is C[C@H](OC(=O)c1ccccc1F)C(=O)Nc1ccc2[nH]c(=O)[nH]c2c1. The second-order valence-corrected chi connectivity index (χ2v) is 5.36. The molecule has 0 aliphatic heterocycles. The Kier molecular flexibility index (Phi) is 4.34. The van der Waals surface area contributed by atoms with E-state index in [1.54, 1.807) is 18.2 Å². The number of aromatic nitrogens is 2. The Morgan fingerprint density at radius 1 is 1.12 bits per heavy atom. The number of carbonyl (C=O) groups excluding carboxylic acids is 2. The summed E-state index contributed by atoms with van der Waals surface area (Å²) in [5.41, 5.74) is 0.946. The van der Waals surface area contributed by atoms with Crippen LogP contribution in [0, 0.1) is 5.82 Å². The fourth-order valence-corrected chi connectivity index (χ4v) is 2.26. The molecular weight excluding hydrogens is 329 g/mol. The maximum absolute atomic E-state index is 13.6. The number of amides is 1. The van der Waals surface area contributed by atoms with Gasteiger partial charge in [0, 0.05) is 5.69 Å². The predicted molar refractivity (Wildman–Crippen MR) is 88.8 cm³/mol. The molecule has 0 saturated heterocycles. The van der Waals surface area contributed by atoms with Crippen LogP contribution in [-0.2, 0) is 9.53 Å². The van der Waals surface area contributed by atoms with E-state index in [0.717, 1.165) is 6.07 Å². The first-order valence-electron chi connectivity index (χ1n) is 7.42. The number of esters is 1. The Morgan fingerprint density at radius 3 is 2.60 bits per heavy atom. The lowest BCUT2D eigenvalue weighted by molar-refractivity contribution is -0.123. The third-order valence-electron chi connectivity index (χ3n) is 3.53. The first-order chi connectivity index (χ1) is 11.9. The molecule has 3 aromatic rings. The number of anilines is 1. The van der Waals surface area contributed by atoms with Crippen molar-refractivity contribution in [2.45, 2.75) is 13.0 Å².